The average Bonchev–Trinajstić information content (AvgIpc) is 2.76. The van der Waals surface area contributed by atoms with Gasteiger partial charge in [-0.05, 0) is 37.3 Å². The number of rotatable bonds is 11. The number of hydrogen-bond acceptors (Lipinski definition) is 8. The summed E-state index contributed by atoms with van der Waals surface area (Å²) in [5, 5.41) is 23.8. The van der Waals surface area contributed by atoms with Gasteiger partial charge in [0.1, 0.15) is 19.0 Å². The van der Waals surface area contributed by atoms with Gasteiger partial charge in [-0.3, -0.25) is 4.79 Å². The van der Waals surface area contributed by atoms with Gasteiger partial charge in [-0.25, -0.2) is 4.39 Å². The van der Waals surface area contributed by atoms with Gasteiger partial charge in [-0.1, -0.05) is 5.16 Å². The van der Waals surface area contributed by atoms with Gasteiger partial charge in [-0.15, -0.1) is 0 Å². The number of anilines is 1. The summed E-state index contributed by atoms with van der Waals surface area (Å²) in [5.41, 5.74) is 6.85. The molecule has 0 aliphatic rings. The molecule has 0 amide bonds. The minimum Gasteiger partial charge on any atom is -0.490 e. The van der Waals surface area contributed by atoms with Gasteiger partial charge < -0.3 is 35.6 Å². The SMILES string of the molecule is CCOc1cc([C@H](COC(C)=O)Nc2ccc(C(N)=NO)cc2)c(F)cc1OCCO. The summed E-state index contributed by atoms with van der Waals surface area (Å²) in [6.07, 6.45) is 0. The maximum Gasteiger partial charge on any atom is 0.302 e. The number of carbonyl (C=O) groups excluding carboxylic acids is 1. The van der Waals surface area contributed by atoms with Crippen LogP contribution in [0.1, 0.15) is 31.0 Å². The zero-order valence-electron chi connectivity index (χ0n) is 17.3. The highest BCUT2D eigenvalue weighted by Gasteiger charge is 2.21. The molecule has 0 heterocycles. The molecule has 1 atom stereocenters. The Morgan fingerprint density at radius 2 is 1.90 bits per heavy atom. The highest BCUT2D eigenvalue weighted by molar-refractivity contribution is 5.97. The van der Waals surface area contributed by atoms with Gasteiger partial charge in [-0.2, -0.15) is 0 Å². The number of nitrogens with one attached hydrogen (secondary N) is 1. The van der Waals surface area contributed by atoms with Crippen LogP contribution in [0.2, 0.25) is 0 Å². The van der Waals surface area contributed by atoms with Crippen LogP contribution in [0.25, 0.3) is 0 Å². The number of halogens is 1. The number of esters is 1. The number of nitrogens with two attached hydrogens (primary N) is 1. The number of aliphatic hydroxyl groups is 1. The second-order valence-electron chi connectivity index (χ2n) is 6.39. The monoisotopic (exact) mass is 435 g/mol. The molecule has 0 aliphatic carbocycles. The topological polar surface area (TPSA) is 136 Å². The molecule has 10 heteroatoms. The first-order valence-electron chi connectivity index (χ1n) is 9.57. The zero-order valence-corrected chi connectivity index (χ0v) is 17.3. The normalized spacial score (nSPS) is 12.2. The predicted molar refractivity (Wildman–Crippen MR) is 112 cm³/mol. The maximum absolute atomic E-state index is 15.0. The lowest BCUT2D eigenvalue weighted by molar-refractivity contribution is -0.141. The molecule has 9 nitrogen and oxygen atoms in total. The summed E-state index contributed by atoms with van der Waals surface area (Å²) in [7, 11) is 0. The molecule has 0 saturated carbocycles. The molecule has 0 bridgehead atoms. The molecule has 0 aromatic heterocycles. The highest BCUT2D eigenvalue weighted by atomic mass is 19.1. The lowest BCUT2D eigenvalue weighted by Gasteiger charge is -2.22. The van der Waals surface area contributed by atoms with Crippen LogP contribution in [0.15, 0.2) is 41.6 Å². The van der Waals surface area contributed by atoms with Crippen molar-refractivity contribution in [1.82, 2.24) is 0 Å². The van der Waals surface area contributed by atoms with Crippen molar-refractivity contribution in [2.75, 3.05) is 31.7 Å². The Bertz CT molecular complexity index is 905. The van der Waals surface area contributed by atoms with Gasteiger partial charge in [0.05, 0.1) is 19.3 Å². The standard InChI is InChI=1S/C21H26FN3O6/c1-3-29-19-10-16(17(22)11-20(19)30-9-8-26)18(12-31-13(2)27)24-15-6-4-14(5-7-15)21(23)25-28/h4-7,10-11,18,24,26,28H,3,8-9,12H2,1-2H3,(H2,23,25)/t18-/m0/s1. The van der Waals surface area contributed by atoms with E-state index in [1.54, 1.807) is 31.2 Å². The van der Waals surface area contributed by atoms with E-state index in [2.05, 4.69) is 10.5 Å². The Labute approximate surface area is 179 Å². The quantitative estimate of drug-likeness (QED) is 0.139. The van der Waals surface area contributed by atoms with Gasteiger partial charge in [0.25, 0.3) is 0 Å². The zero-order chi connectivity index (χ0) is 22.8. The second-order valence-corrected chi connectivity index (χ2v) is 6.39. The van der Waals surface area contributed by atoms with E-state index >= 15 is 0 Å². The molecule has 0 spiro atoms. The Hall–Kier alpha value is -3.53. The van der Waals surface area contributed by atoms with Crippen LogP contribution in [0.3, 0.4) is 0 Å². The third-order valence-corrected chi connectivity index (χ3v) is 4.17. The van der Waals surface area contributed by atoms with E-state index in [9.17, 15) is 9.18 Å². The van der Waals surface area contributed by atoms with Crippen molar-refractivity contribution in [2.24, 2.45) is 10.9 Å². The smallest absolute Gasteiger partial charge is 0.302 e. The molecular weight excluding hydrogens is 409 g/mol. The molecular formula is C21H26FN3O6. The third kappa shape index (κ3) is 6.75. The number of amidine groups is 1. The Morgan fingerprint density at radius 3 is 2.48 bits per heavy atom. The van der Waals surface area contributed by atoms with Crippen LogP contribution in [0, 0.1) is 5.82 Å². The molecule has 0 aliphatic heterocycles. The molecule has 0 fully saturated rings. The van der Waals surface area contributed by atoms with Crippen LogP contribution in [-0.2, 0) is 9.53 Å². The number of ether oxygens (including phenoxy) is 3. The highest BCUT2D eigenvalue weighted by Crippen LogP contribution is 2.34. The van der Waals surface area contributed by atoms with E-state index in [0.29, 0.717) is 23.6 Å². The Kier molecular flexibility index (Phi) is 8.89. The van der Waals surface area contributed by atoms with Crippen LogP contribution >= 0.6 is 0 Å². The van der Waals surface area contributed by atoms with E-state index in [1.165, 1.54) is 19.1 Å². The molecule has 0 radical (unpaired) electrons. The summed E-state index contributed by atoms with van der Waals surface area (Å²) >= 11 is 0. The molecule has 5 N–H and O–H groups in total. The number of benzene rings is 2. The van der Waals surface area contributed by atoms with Crippen LogP contribution < -0.4 is 20.5 Å². The number of aliphatic hydroxyl groups excluding tert-OH is 1. The number of nitrogens with zero attached hydrogens (tertiary/aromatic N) is 1. The summed E-state index contributed by atoms with van der Waals surface area (Å²) in [5.74, 6) is -0.707. The predicted octanol–water partition coefficient (Wildman–Crippen LogP) is 2.41. The summed E-state index contributed by atoms with van der Waals surface area (Å²) < 4.78 is 31.0. The average molecular weight is 435 g/mol. The largest absolute Gasteiger partial charge is 0.490 e. The van der Waals surface area contributed by atoms with Crippen molar-refractivity contribution in [3.05, 3.63) is 53.3 Å². The van der Waals surface area contributed by atoms with Crippen molar-refractivity contribution >= 4 is 17.5 Å². The summed E-state index contributed by atoms with van der Waals surface area (Å²) in [6.45, 7) is 2.97. The van der Waals surface area contributed by atoms with Gasteiger partial charge in [0, 0.05) is 29.8 Å². The fourth-order valence-electron chi connectivity index (χ4n) is 2.76. The fourth-order valence-corrected chi connectivity index (χ4v) is 2.76. The lowest BCUT2D eigenvalue weighted by Crippen LogP contribution is -2.20. The first-order valence-corrected chi connectivity index (χ1v) is 9.57. The molecule has 2 rings (SSSR count). The molecule has 2 aromatic rings. The Balaban J connectivity index is 2.37. The number of hydrogen-bond donors (Lipinski definition) is 4. The van der Waals surface area contributed by atoms with Crippen molar-refractivity contribution in [3.8, 4) is 11.5 Å². The first-order chi connectivity index (χ1) is 14.9. The van der Waals surface area contributed by atoms with Gasteiger partial charge in [0.2, 0.25) is 0 Å². The lowest BCUT2D eigenvalue weighted by atomic mass is 10.0. The van der Waals surface area contributed by atoms with Crippen molar-refractivity contribution in [1.29, 1.82) is 0 Å². The fraction of sp³-hybridized carbons (Fsp3) is 0.333. The maximum atomic E-state index is 15.0. The molecule has 0 saturated heterocycles. The van der Waals surface area contributed by atoms with Crippen molar-refractivity contribution in [3.63, 3.8) is 0 Å². The first kappa shape index (κ1) is 23.7. The molecule has 168 valence electrons. The second kappa shape index (κ2) is 11.6. The number of oxime groups is 1. The molecule has 31 heavy (non-hydrogen) atoms. The summed E-state index contributed by atoms with van der Waals surface area (Å²) in [4.78, 5) is 11.3. The van der Waals surface area contributed by atoms with E-state index in [4.69, 9.17) is 30.3 Å². The van der Waals surface area contributed by atoms with Gasteiger partial charge >= 0.3 is 5.97 Å². The molecule has 2 aromatic carbocycles. The summed E-state index contributed by atoms with van der Waals surface area (Å²) in [6, 6.07) is 8.45. The van der Waals surface area contributed by atoms with E-state index in [0.717, 1.165) is 0 Å². The van der Waals surface area contributed by atoms with Crippen LogP contribution in [0.4, 0.5) is 10.1 Å². The van der Waals surface area contributed by atoms with Crippen LogP contribution in [0.5, 0.6) is 11.5 Å². The Morgan fingerprint density at radius 1 is 1.23 bits per heavy atom. The third-order valence-electron chi connectivity index (χ3n) is 4.17. The molecule has 0 unspecified atom stereocenters. The number of carbonyl (C=O) groups is 1. The van der Waals surface area contributed by atoms with Crippen LogP contribution in [-0.4, -0.2) is 48.5 Å². The minimum atomic E-state index is -0.746. The van der Waals surface area contributed by atoms with E-state index < -0.39 is 17.8 Å². The van der Waals surface area contributed by atoms with E-state index in [1.807, 2.05) is 0 Å². The minimum absolute atomic E-state index is 0.0133. The van der Waals surface area contributed by atoms with Crippen molar-refractivity contribution in [2.45, 2.75) is 19.9 Å². The van der Waals surface area contributed by atoms with Gasteiger partial charge in [0.15, 0.2) is 17.3 Å². The van der Waals surface area contributed by atoms with E-state index in [-0.39, 0.29) is 37.0 Å². The van der Waals surface area contributed by atoms with Crippen molar-refractivity contribution < 1.29 is 33.7 Å².